The van der Waals surface area contributed by atoms with E-state index in [4.69, 9.17) is 0 Å². The second-order valence-electron chi connectivity index (χ2n) is 4.95. The standard InChI is InChI=1S/C13H21BrN4O/c1-3-6-18-13(19)12(14)11(8-16-18)17-7-4-5-10(9-17)15-2/h8,10,15H,3-7,9H2,1-2H3. The van der Waals surface area contributed by atoms with Crippen molar-refractivity contribution >= 4 is 21.6 Å². The minimum absolute atomic E-state index is 0.0362. The first kappa shape index (κ1) is 14.5. The van der Waals surface area contributed by atoms with Crippen molar-refractivity contribution < 1.29 is 0 Å². The van der Waals surface area contributed by atoms with Crippen LogP contribution in [0.25, 0.3) is 0 Å². The average molecular weight is 329 g/mol. The molecular formula is C13H21BrN4O. The second kappa shape index (κ2) is 6.52. The first-order chi connectivity index (χ1) is 9.17. The van der Waals surface area contributed by atoms with Crippen molar-refractivity contribution in [2.24, 2.45) is 0 Å². The van der Waals surface area contributed by atoms with Gasteiger partial charge in [-0.2, -0.15) is 5.10 Å². The lowest BCUT2D eigenvalue weighted by Gasteiger charge is -2.34. The van der Waals surface area contributed by atoms with E-state index in [0.29, 0.717) is 17.1 Å². The van der Waals surface area contributed by atoms with Crippen LogP contribution in [0.15, 0.2) is 15.5 Å². The monoisotopic (exact) mass is 328 g/mol. The predicted octanol–water partition coefficient (Wildman–Crippen LogP) is 1.60. The van der Waals surface area contributed by atoms with Gasteiger partial charge in [0.1, 0.15) is 4.47 Å². The second-order valence-corrected chi connectivity index (χ2v) is 5.74. The normalized spacial score (nSPS) is 19.7. The third-order valence-corrected chi connectivity index (χ3v) is 4.32. The molecule has 0 radical (unpaired) electrons. The summed E-state index contributed by atoms with van der Waals surface area (Å²) < 4.78 is 2.15. The van der Waals surface area contributed by atoms with E-state index in [-0.39, 0.29) is 5.56 Å². The van der Waals surface area contributed by atoms with Gasteiger partial charge in [0.15, 0.2) is 0 Å². The minimum Gasteiger partial charge on any atom is -0.368 e. The largest absolute Gasteiger partial charge is 0.368 e. The zero-order valence-electron chi connectivity index (χ0n) is 11.5. The molecule has 1 aromatic rings. The molecule has 0 spiro atoms. The lowest BCUT2D eigenvalue weighted by atomic mass is 10.1. The number of aromatic nitrogens is 2. The molecule has 0 amide bonds. The highest BCUT2D eigenvalue weighted by molar-refractivity contribution is 9.10. The fraction of sp³-hybridized carbons (Fsp3) is 0.692. The highest BCUT2D eigenvalue weighted by atomic mass is 79.9. The molecule has 106 valence electrons. The van der Waals surface area contributed by atoms with Gasteiger partial charge in [-0.25, -0.2) is 4.68 Å². The van der Waals surface area contributed by atoms with Gasteiger partial charge in [0.2, 0.25) is 0 Å². The van der Waals surface area contributed by atoms with Crippen molar-refractivity contribution in [2.45, 2.75) is 38.8 Å². The van der Waals surface area contributed by atoms with Gasteiger partial charge in [0.05, 0.1) is 11.9 Å². The molecule has 5 nitrogen and oxygen atoms in total. The molecule has 19 heavy (non-hydrogen) atoms. The maximum absolute atomic E-state index is 12.2. The Labute approximate surface area is 122 Å². The summed E-state index contributed by atoms with van der Waals surface area (Å²) in [5.74, 6) is 0. The quantitative estimate of drug-likeness (QED) is 0.912. The van der Waals surface area contributed by atoms with Crippen LogP contribution in [0.5, 0.6) is 0 Å². The van der Waals surface area contributed by atoms with E-state index in [1.807, 2.05) is 14.0 Å². The summed E-state index contributed by atoms with van der Waals surface area (Å²) in [5, 5.41) is 7.58. The zero-order chi connectivity index (χ0) is 13.8. The summed E-state index contributed by atoms with van der Waals surface area (Å²) in [5.41, 5.74) is 0.878. The Hall–Kier alpha value is -0.880. The van der Waals surface area contributed by atoms with Crippen molar-refractivity contribution in [1.29, 1.82) is 0 Å². The predicted molar refractivity (Wildman–Crippen MR) is 80.8 cm³/mol. The van der Waals surface area contributed by atoms with Gasteiger partial charge in [0, 0.05) is 25.7 Å². The van der Waals surface area contributed by atoms with Gasteiger partial charge in [0.25, 0.3) is 5.56 Å². The summed E-state index contributed by atoms with van der Waals surface area (Å²) in [4.78, 5) is 14.4. The molecule has 1 saturated heterocycles. The topological polar surface area (TPSA) is 50.2 Å². The highest BCUT2D eigenvalue weighted by Gasteiger charge is 2.22. The number of aryl methyl sites for hydroxylation is 1. The molecule has 6 heteroatoms. The van der Waals surface area contributed by atoms with E-state index in [9.17, 15) is 4.79 Å². The summed E-state index contributed by atoms with van der Waals surface area (Å²) >= 11 is 3.44. The van der Waals surface area contributed by atoms with Gasteiger partial charge in [-0.1, -0.05) is 6.92 Å². The van der Waals surface area contributed by atoms with Crippen molar-refractivity contribution in [1.82, 2.24) is 15.1 Å². The third kappa shape index (κ3) is 3.17. The van der Waals surface area contributed by atoms with Crippen LogP contribution in [-0.2, 0) is 6.54 Å². The van der Waals surface area contributed by atoms with Crippen molar-refractivity contribution in [2.75, 3.05) is 25.0 Å². The Kier molecular flexibility index (Phi) is 4.99. The molecular weight excluding hydrogens is 308 g/mol. The highest BCUT2D eigenvalue weighted by Crippen LogP contribution is 2.24. The van der Waals surface area contributed by atoms with Crippen LogP contribution in [0.1, 0.15) is 26.2 Å². The zero-order valence-corrected chi connectivity index (χ0v) is 13.1. The molecule has 1 aliphatic heterocycles. The molecule has 1 N–H and O–H groups in total. The number of nitrogens with zero attached hydrogens (tertiary/aromatic N) is 3. The van der Waals surface area contributed by atoms with Gasteiger partial charge in [-0.3, -0.25) is 4.79 Å². The molecule has 1 atom stereocenters. The molecule has 0 aliphatic carbocycles. The van der Waals surface area contributed by atoms with Crippen LogP contribution < -0.4 is 15.8 Å². The van der Waals surface area contributed by atoms with Gasteiger partial charge >= 0.3 is 0 Å². The lowest BCUT2D eigenvalue weighted by Crippen LogP contribution is -2.45. The molecule has 0 aromatic carbocycles. The number of anilines is 1. The van der Waals surface area contributed by atoms with Gasteiger partial charge < -0.3 is 10.2 Å². The summed E-state index contributed by atoms with van der Waals surface area (Å²) in [6.45, 7) is 4.61. The smallest absolute Gasteiger partial charge is 0.283 e. The minimum atomic E-state index is -0.0362. The van der Waals surface area contributed by atoms with Crippen LogP contribution in [-0.4, -0.2) is 36.0 Å². The number of nitrogens with one attached hydrogen (secondary N) is 1. The maximum atomic E-state index is 12.2. The lowest BCUT2D eigenvalue weighted by molar-refractivity contribution is 0.448. The summed E-state index contributed by atoms with van der Waals surface area (Å²) in [7, 11) is 1.99. The molecule has 0 saturated carbocycles. The van der Waals surface area contributed by atoms with E-state index in [1.165, 1.54) is 11.1 Å². The first-order valence-corrected chi connectivity index (χ1v) is 7.64. The van der Waals surface area contributed by atoms with Gasteiger partial charge in [-0.05, 0) is 42.2 Å². The van der Waals surface area contributed by atoms with E-state index < -0.39 is 0 Å². The number of likely N-dealkylation sites (N-methyl/N-ethyl adjacent to an activating group) is 1. The Morgan fingerprint density at radius 1 is 1.58 bits per heavy atom. The number of halogens is 1. The Morgan fingerprint density at radius 3 is 3.05 bits per heavy atom. The van der Waals surface area contributed by atoms with E-state index in [1.54, 1.807) is 6.20 Å². The van der Waals surface area contributed by atoms with Crippen molar-refractivity contribution in [3.8, 4) is 0 Å². The fourth-order valence-electron chi connectivity index (χ4n) is 2.48. The average Bonchev–Trinajstić information content (AvgIpc) is 2.44. The Bertz CT molecular complexity index is 488. The summed E-state index contributed by atoms with van der Waals surface area (Å²) in [6.07, 6.45) is 5.03. The number of piperidine rings is 1. The molecule has 1 aliphatic rings. The fourth-order valence-corrected chi connectivity index (χ4v) is 3.04. The summed E-state index contributed by atoms with van der Waals surface area (Å²) in [6, 6.07) is 0.485. The SMILES string of the molecule is CCCn1ncc(N2CCCC(NC)C2)c(Br)c1=O. The van der Waals surface area contributed by atoms with Crippen LogP contribution in [0.2, 0.25) is 0 Å². The molecule has 0 bridgehead atoms. The van der Waals surface area contributed by atoms with Crippen molar-refractivity contribution in [3.63, 3.8) is 0 Å². The Morgan fingerprint density at radius 2 is 2.37 bits per heavy atom. The van der Waals surface area contributed by atoms with E-state index in [0.717, 1.165) is 31.6 Å². The van der Waals surface area contributed by atoms with Crippen LogP contribution in [0.3, 0.4) is 0 Å². The molecule has 1 unspecified atom stereocenters. The first-order valence-electron chi connectivity index (χ1n) is 6.85. The third-order valence-electron chi connectivity index (χ3n) is 3.57. The number of rotatable bonds is 4. The van der Waals surface area contributed by atoms with Gasteiger partial charge in [-0.15, -0.1) is 0 Å². The molecule has 2 heterocycles. The van der Waals surface area contributed by atoms with E-state index >= 15 is 0 Å². The van der Waals surface area contributed by atoms with Crippen molar-refractivity contribution in [3.05, 3.63) is 21.0 Å². The van der Waals surface area contributed by atoms with Crippen LogP contribution >= 0.6 is 15.9 Å². The molecule has 2 rings (SSSR count). The van der Waals surface area contributed by atoms with E-state index in [2.05, 4.69) is 31.2 Å². The maximum Gasteiger partial charge on any atom is 0.283 e. The molecule has 1 fully saturated rings. The van der Waals surface area contributed by atoms with Crippen LogP contribution in [0.4, 0.5) is 5.69 Å². The van der Waals surface area contributed by atoms with Crippen LogP contribution in [0, 0.1) is 0 Å². The molecule has 1 aromatic heterocycles. The number of hydrogen-bond donors (Lipinski definition) is 1. The Balaban J connectivity index is 2.25. The number of hydrogen-bond acceptors (Lipinski definition) is 4.